The number of hydrogen-bond acceptors (Lipinski definition) is 8. The number of benzene rings is 22. The Kier molecular flexibility index (Phi) is 10.6. The SMILES string of the molecule is CCCc1cccc2c(S(=O)(=O)O)c3c(cc12)C1=Cc2ccc4ccc5c6cc7c8ccc9cc(S(=O)(=O)O)c%10ccc%11cc(-c%12ccc%13c%14cccc%15c(CCC)cc%16c(S(=O)(=O)O)cc%17ccc%12c%13c%17c%16c%15%14)c%12ccc(c7c7cc(S(=O)(=O)O)c%13cc%14c%15c(c2c4c5c%15c%13c67)C1C(=C3)C=%14)c1c%12c%11c%10c9c81. The van der Waals surface area contributed by atoms with E-state index in [0.29, 0.717) is 77.7 Å². The van der Waals surface area contributed by atoms with E-state index in [1.54, 1.807) is 30.3 Å². The van der Waals surface area contributed by atoms with Crippen LogP contribution in [-0.2, 0) is 53.3 Å². The molecule has 12 nitrogen and oxygen atoms in total. The van der Waals surface area contributed by atoms with Crippen molar-refractivity contribution in [2.24, 2.45) is 0 Å². The van der Waals surface area contributed by atoms with Crippen LogP contribution in [0.4, 0.5) is 0 Å². The van der Waals surface area contributed by atoms with Crippen LogP contribution in [0.25, 0.3) is 240 Å². The summed E-state index contributed by atoms with van der Waals surface area (Å²) in [4.78, 5) is -0.836. The number of rotatable bonds is 9. The fourth-order valence-electron chi connectivity index (χ4n) is 21.8. The molecule has 510 valence electrons. The van der Waals surface area contributed by atoms with Crippen LogP contribution < -0.4 is 5.22 Å². The summed E-state index contributed by atoms with van der Waals surface area (Å²) >= 11 is 0. The van der Waals surface area contributed by atoms with Crippen LogP contribution in [0.5, 0.6) is 0 Å². The molecular formula is C91H50O12S4. The van der Waals surface area contributed by atoms with Gasteiger partial charge >= 0.3 is 0 Å². The first kappa shape index (κ1) is 59.9. The highest BCUT2D eigenvalue weighted by Crippen LogP contribution is 2.62. The molecule has 16 heteroatoms. The van der Waals surface area contributed by atoms with Gasteiger partial charge in [0.15, 0.2) is 0 Å². The lowest BCUT2D eigenvalue weighted by Gasteiger charge is -2.38. The molecule has 0 spiro atoms. The zero-order valence-corrected chi connectivity index (χ0v) is 59.8. The molecule has 0 saturated heterocycles. The van der Waals surface area contributed by atoms with E-state index in [0.717, 1.165) is 214 Å². The second-order valence-corrected chi connectivity index (χ2v) is 35.9. The minimum absolute atomic E-state index is 0.151. The first-order chi connectivity index (χ1) is 51.5. The van der Waals surface area contributed by atoms with Crippen LogP contribution in [-0.4, -0.2) is 51.9 Å². The molecule has 3 aliphatic carbocycles. The highest BCUT2D eigenvalue weighted by molar-refractivity contribution is 7.87. The molecule has 107 heavy (non-hydrogen) atoms. The summed E-state index contributed by atoms with van der Waals surface area (Å²) < 4.78 is 158. The Labute approximate surface area is 606 Å². The Morgan fingerprint density at radius 2 is 0.804 bits per heavy atom. The zero-order valence-electron chi connectivity index (χ0n) is 56.5. The van der Waals surface area contributed by atoms with E-state index in [4.69, 9.17) is 0 Å². The number of hydrogen-bond donors (Lipinski definition) is 4. The fourth-order valence-corrected chi connectivity index (χ4v) is 24.9. The summed E-state index contributed by atoms with van der Waals surface area (Å²) in [6.07, 6.45) is 9.11. The Hall–Kier alpha value is -11.3. The van der Waals surface area contributed by atoms with Gasteiger partial charge in [-0.2, -0.15) is 33.7 Å². The summed E-state index contributed by atoms with van der Waals surface area (Å²) in [6, 6.07) is 55.6. The molecule has 0 heterocycles. The lowest BCUT2D eigenvalue weighted by molar-refractivity contribution is 0.481. The first-order valence-corrected chi connectivity index (χ1v) is 41.6. The average molecular weight is 1460 g/mol. The van der Waals surface area contributed by atoms with Gasteiger partial charge in [0, 0.05) is 49.2 Å². The van der Waals surface area contributed by atoms with E-state index < -0.39 is 46.4 Å². The molecule has 0 radical (unpaired) electrons. The van der Waals surface area contributed by atoms with Crippen molar-refractivity contribution in [1.29, 1.82) is 0 Å². The van der Waals surface area contributed by atoms with Crippen LogP contribution in [0.15, 0.2) is 195 Å². The molecule has 0 saturated carbocycles. The normalized spacial score (nSPS) is 15.4. The zero-order chi connectivity index (χ0) is 71.9. The summed E-state index contributed by atoms with van der Waals surface area (Å²) in [5.41, 5.74) is 8.36. The molecule has 0 amide bonds. The lowest BCUT2D eigenvalue weighted by Crippen LogP contribution is -2.23. The Balaban J connectivity index is 0.844. The Bertz CT molecular complexity index is 8820. The third-order valence-corrected chi connectivity index (χ3v) is 29.0. The van der Waals surface area contributed by atoms with Gasteiger partial charge in [-0.05, 0) is 296 Å². The molecule has 0 aliphatic heterocycles. The molecule has 1 unspecified atom stereocenters. The minimum atomic E-state index is -5.08. The van der Waals surface area contributed by atoms with Gasteiger partial charge in [0.25, 0.3) is 40.5 Å². The van der Waals surface area contributed by atoms with Crippen molar-refractivity contribution in [1.82, 2.24) is 0 Å². The smallest absolute Gasteiger partial charge is 0.282 e. The van der Waals surface area contributed by atoms with Crippen LogP contribution in [0.3, 0.4) is 0 Å². The topological polar surface area (TPSA) is 217 Å². The van der Waals surface area contributed by atoms with Crippen LogP contribution in [0, 0.1) is 0 Å². The van der Waals surface area contributed by atoms with Gasteiger partial charge in [0.2, 0.25) is 0 Å². The number of fused-ring (bicyclic) bond motifs is 9. The summed E-state index contributed by atoms with van der Waals surface area (Å²) in [5, 5.41) is 30.6. The van der Waals surface area contributed by atoms with Gasteiger partial charge in [0.1, 0.15) is 19.6 Å². The third-order valence-electron chi connectivity index (χ3n) is 25.4. The third kappa shape index (κ3) is 6.97. The Morgan fingerprint density at radius 3 is 1.55 bits per heavy atom. The highest BCUT2D eigenvalue weighted by atomic mass is 32.2. The van der Waals surface area contributed by atoms with Crippen molar-refractivity contribution in [3.05, 3.63) is 214 Å². The fraction of sp³-hybridized carbons (Fsp3) is 0.0769. The predicted molar refractivity (Wildman–Crippen MR) is 435 cm³/mol. The van der Waals surface area contributed by atoms with Gasteiger partial charge in [-0.15, -0.1) is 0 Å². The van der Waals surface area contributed by atoms with Gasteiger partial charge in [-0.3, -0.25) is 18.2 Å². The molecule has 22 aromatic rings. The molecule has 0 bridgehead atoms. The molecule has 0 aromatic heterocycles. The van der Waals surface area contributed by atoms with Gasteiger partial charge in [-0.25, -0.2) is 0 Å². The van der Waals surface area contributed by atoms with Crippen molar-refractivity contribution in [2.45, 2.75) is 65.0 Å². The van der Waals surface area contributed by atoms with Gasteiger partial charge in [-0.1, -0.05) is 154 Å². The second kappa shape index (κ2) is 18.9. The number of allylic oxidation sites excluding steroid dienone is 2. The average Bonchev–Trinajstić information content (AvgIpc) is 0.658. The molecule has 22 aromatic carbocycles. The molecule has 3 aliphatic rings. The quantitative estimate of drug-likeness (QED) is 0.0603. The predicted octanol–water partition coefficient (Wildman–Crippen LogP) is 21.8. The Morgan fingerprint density at radius 1 is 0.299 bits per heavy atom. The van der Waals surface area contributed by atoms with Crippen LogP contribution in [0.1, 0.15) is 66.0 Å². The maximum atomic E-state index is 14.9. The van der Waals surface area contributed by atoms with E-state index in [-0.39, 0.29) is 19.6 Å². The van der Waals surface area contributed by atoms with E-state index in [1.807, 2.05) is 72.8 Å². The molecule has 4 N–H and O–H groups in total. The maximum absolute atomic E-state index is 14.9. The standard InChI is InChI=1S/C91H50O12S4/c1-3-7-38-9-5-12-55-58(38)35-60-61-30-41-14-13-39-15-19-54-63-36-62-53-21-17-44-33-68(104(92,93)94)56-22-18-42-29-59(48-23-24-51-49-11-6-10-47-40(8-4-2)28-65-69(105(95,96)97)34-43-16-20-50(48)80(51)74(43)87(65)79(47)49)52-25-26-57(86-82(52)75(42)85(56)76(44)83(53)86)78(62)67-37-70(106(98,99)100)66-32-46-27-45(31-64(60)91(55)107(101,102)103)71(61)89-73(41)72(39)84(54)90(77(46)89)88(66)81(63)67/h5-6,9-37,71H,3-4,7-8H2,1-2H3,(H,92,93,94)(H,95,96,97)(H,98,99,100)(H,101,102,103). The second-order valence-electron chi connectivity index (χ2n) is 30.4. The largest absolute Gasteiger partial charge is 0.295 e. The minimum Gasteiger partial charge on any atom is -0.282 e. The number of aryl methyl sites for hydroxylation is 2. The van der Waals surface area contributed by atoms with Crippen LogP contribution >= 0.6 is 0 Å². The van der Waals surface area contributed by atoms with Gasteiger partial charge in [0.05, 0.1) is 0 Å². The molecule has 25 rings (SSSR count). The molecule has 1 atom stereocenters. The lowest BCUT2D eigenvalue weighted by atomic mass is 9.65. The van der Waals surface area contributed by atoms with Crippen LogP contribution in [0.2, 0.25) is 0 Å². The summed E-state index contributed by atoms with van der Waals surface area (Å²) in [6.45, 7) is 4.17. The molecular weight excluding hydrogens is 1410 g/mol. The van der Waals surface area contributed by atoms with E-state index >= 15 is 0 Å². The van der Waals surface area contributed by atoms with Crippen molar-refractivity contribution in [3.8, 4) is 11.1 Å². The van der Waals surface area contributed by atoms with Gasteiger partial charge < -0.3 is 0 Å². The van der Waals surface area contributed by atoms with Crippen molar-refractivity contribution in [2.75, 3.05) is 0 Å². The maximum Gasteiger partial charge on any atom is 0.295 e. The molecule has 0 fully saturated rings. The summed E-state index contributed by atoms with van der Waals surface area (Å²) in [5.74, 6) is -0.412. The highest BCUT2D eigenvalue weighted by Gasteiger charge is 2.41. The monoisotopic (exact) mass is 1460 g/mol. The van der Waals surface area contributed by atoms with E-state index in [2.05, 4.69) is 98.8 Å². The first-order valence-electron chi connectivity index (χ1n) is 35.8. The van der Waals surface area contributed by atoms with Crippen molar-refractivity contribution < 1.29 is 51.9 Å². The van der Waals surface area contributed by atoms with E-state index in [9.17, 15) is 51.9 Å². The van der Waals surface area contributed by atoms with Crippen molar-refractivity contribution >= 4 is 269 Å². The van der Waals surface area contributed by atoms with E-state index in [1.165, 1.54) is 0 Å². The van der Waals surface area contributed by atoms with Crippen molar-refractivity contribution in [3.63, 3.8) is 0 Å². The summed E-state index contributed by atoms with van der Waals surface area (Å²) in [7, 11) is -19.4.